The van der Waals surface area contributed by atoms with Gasteiger partial charge < -0.3 is 10.2 Å². The standard InChI is InChI=1S/C11H13N3S/c1-2-4-10-9(3-1)13-11(15-10)14-7-5-12-6-8-14/h1-4,12H,5-8H2/p+1. The van der Waals surface area contributed by atoms with E-state index in [1.54, 1.807) is 11.3 Å². The average molecular weight is 220 g/mol. The molecule has 0 radical (unpaired) electrons. The Morgan fingerprint density at radius 3 is 2.80 bits per heavy atom. The maximum atomic E-state index is 4.67. The van der Waals surface area contributed by atoms with E-state index in [0.717, 1.165) is 18.6 Å². The lowest BCUT2D eigenvalue weighted by atomic mass is 10.3. The first kappa shape index (κ1) is 9.12. The van der Waals surface area contributed by atoms with E-state index in [1.807, 2.05) is 0 Å². The Kier molecular flexibility index (Phi) is 2.31. The van der Waals surface area contributed by atoms with Crippen molar-refractivity contribution in [3.05, 3.63) is 24.3 Å². The zero-order valence-electron chi connectivity index (χ0n) is 8.52. The van der Waals surface area contributed by atoms with Gasteiger partial charge in [-0.1, -0.05) is 23.5 Å². The fourth-order valence-electron chi connectivity index (χ4n) is 1.94. The van der Waals surface area contributed by atoms with Crippen LogP contribution < -0.4 is 10.2 Å². The van der Waals surface area contributed by atoms with Gasteiger partial charge in [0.1, 0.15) is 0 Å². The summed E-state index contributed by atoms with van der Waals surface area (Å²) < 4.78 is 1.29. The Balaban J connectivity index is 1.96. The SMILES string of the molecule is c1ccc2sc(N3CC[NH2+]CC3)nc2c1. The fourth-order valence-corrected chi connectivity index (χ4v) is 2.95. The predicted molar refractivity (Wildman–Crippen MR) is 63.5 cm³/mol. The van der Waals surface area contributed by atoms with Gasteiger partial charge in [0.2, 0.25) is 0 Å². The first-order chi connectivity index (χ1) is 7.43. The Labute approximate surface area is 92.7 Å². The summed E-state index contributed by atoms with van der Waals surface area (Å²) >= 11 is 1.80. The van der Waals surface area contributed by atoms with E-state index in [9.17, 15) is 0 Å². The lowest BCUT2D eigenvalue weighted by molar-refractivity contribution is -0.655. The van der Waals surface area contributed by atoms with E-state index >= 15 is 0 Å². The minimum Gasteiger partial charge on any atom is -0.343 e. The number of nitrogens with two attached hydrogens (primary N) is 1. The second-order valence-electron chi connectivity index (χ2n) is 3.82. The molecular weight excluding hydrogens is 206 g/mol. The third-order valence-corrected chi connectivity index (χ3v) is 3.86. The molecule has 3 nitrogen and oxygen atoms in total. The average Bonchev–Trinajstić information content (AvgIpc) is 2.74. The molecule has 0 saturated carbocycles. The van der Waals surface area contributed by atoms with Crippen LogP contribution in [-0.2, 0) is 0 Å². The van der Waals surface area contributed by atoms with Crippen molar-refractivity contribution in [2.75, 3.05) is 31.1 Å². The van der Waals surface area contributed by atoms with Gasteiger partial charge in [-0.05, 0) is 12.1 Å². The van der Waals surface area contributed by atoms with Gasteiger partial charge >= 0.3 is 0 Å². The van der Waals surface area contributed by atoms with Gasteiger partial charge in [0.15, 0.2) is 5.13 Å². The zero-order valence-corrected chi connectivity index (χ0v) is 9.33. The second-order valence-corrected chi connectivity index (χ2v) is 4.83. The maximum absolute atomic E-state index is 4.67. The topological polar surface area (TPSA) is 32.7 Å². The van der Waals surface area contributed by atoms with E-state index < -0.39 is 0 Å². The summed E-state index contributed by atoms with van der Waals surface area (Å²) in [7, 11) is 0. The molecule has 1 aromatic heterocycles. The number of hydrogen-bond acceptors (Lipinski definition) is 3. The van der Waals surface area contributed by atoms with Crippen molar-refractivity contribution in [3.8, 4) is 0 Å². The minimum absolute atomic E-state index is 1.12. The Morgan fingerprint density at radius 2 is 2.00 bits per heavy atom. The van der Waals surface area contributed by atoms with E-state index in [1.165, 1.54) is 22.9 Å². The van der Waals surface area contributed by atoms with Crippen LogP contribution in [0.1, 0.15) is 0 Å². The number of anilines is 1. The first-order valence-electron chi connectivity index (χ1n) is 5.36. The Bertz CT molecular complexity index is 427. The molecule has 0 atom stereocenters. The van der Waals surface area contributed by atoms with Crippen LogP contribution in [0.5, 0.6) is 0 Å². The molecular formula is C11H14N3S+. The molecule has 1 saturated heterocycles. The van der Waals surface area contributed by atoms with Crippen LogP contribution in [0.15, 0.2) is 24.3 Å². The highest BCUT2D eigenvalue weighted by molar-refractivity contribution is 7.22. The van der Waals surface area contributed by atoms with Crippen LogP contribution in [-0.4, -0.2) is 31.2 Å². The van der Waals surface area contributed by atoms with Gasteiger partial charge in [-0.2, -0.15) is 0 Å². The van der Waals surface area contributed by atoms with Crippen molar-refractivity contribution in [1.29, 1.82) is 0 Å². The lowest BCUT2D eigenvalue weighted by Gasteiger charge is -2.24. The van der Waals surface area contributed by atoms with E-state index in [2.05, 4.69) is 39.5 Å². The van der Waals surface area contributed by atoms with Crippen LogP contribution in [0, 0.1) is 0 Å². The molecule has 1 aliphatic heterocycles. The highest BCUT2D eigenvalue weighted by Gasteiger charge is 2.15. The van der Waals surface area contributed by atoms with Crippen molar-refractivity contribution >= 4 is 26.7 Å². The molecule has 2 N–H and O–H groups in total. The quantitative estimate of drug-likeness (QED) is 0.766. The van der Waals surface area contributed by atoms with Crippen molar-refractivity contribution in [2.24, 2.45) is 0 Å². The summed E-state index contributed by atoms with van der Waals surface area (Å²) in [6.45, 7) is 4.63. The van der Waals surface area contributed by atoms with Gasteiger partial charge in [0, 0.05) is 0 Å². The molecule has 3 rings (SSSR count). The largest absolute Gasteiger partial charge is 0.343 e. The molecule has 4 heteroatoms. The highest BCUT2D eigenvalue weighted by atomic mass is 32.1. The summed E-state index contributed by atoms with van der Waals surface area (Å²) in [5.74, 6) is 0. The molecule has 15 heavy (non-hydrogen) atoms. The normalized spacial score (nSPS) is 17.2. The van der Waals surface area contributed by atoms with Crippen molar-refractivity contribution in [2.45, 2.75) is 0 Å². The summed E-state index contributed by atoms with van der Waals surface area (Å²) in [5.41, 5.74) is 1.13. The molecule has 2 heterocycles. The van der Waals surface area contributed by atoms with Gasteiger partial charge in [-0.15, -0.1) is 0 Å². The lowest BCUT2D eigenvalue weighted by Crippen LogP contribution is -2.89. The second kappa shape index (κ2) is 3.79. The van der Waals surface area contributed by atoms with E-state index in [0.29, 0.717) is 0 Å². The third-order valence-electron chi connectivity index (χ3n) is 2.76. The molecule has 0 aliphatic carbocycles. The van der Waals surface area contributed by atoms with Crippen LogP contribution in [0.25, 0.3) is 10.2 Å². The van der Waals surface area contributed by atoms with Crippen LogP contribution in [0.2, 0.25) is 0 Å². The summed E-state index contributed by atoms with van der Waals surface area (Å²) in [6, 6.07) is 8.36. The van der Waals surface area contributed by atoms with Gasteiger partial charge in [-0.25, -0.2) is 4.98 Å². The molecule has 1 aromatic carbocycles. The minimum atomic E-state index is 1.12. The third kappa shape index (κ3) is 1.70. The number of piperazine rings is 1. The molecule has 2 aromatic rings. The molecule has 0 amide bonds. The Hall–Kier alpha value is -1.13. The first-order valence-corrected chi connectivity index (χ1v) is 6.17. The highest BCUT2D eigenvalue weighted by Crippen LogP contribution is 2.28. The molecule has 78 valence electrons. The number of aromatic nitrogens is 1. The molecule has 0 bridgehead atoms. The maximum Gasteiger partial charge on any atom is 0.186 e. The van der Waals surface area contributed by atoms with Gasteiger partial charge in [0.25, 0.3) is 0 Å². The number of para-hydroxylation sites is 1. The number of thiazole rings is 1. The molecule has 1 aliphatic rings. The number of benzene rings is 1. The number of fused-ring (bicyclic) bond motifs is 1. The van der Waals surface area contributed by atoms with Crippen LogP contribution in [0.3, 0.4) is 0 Å². The summed E-state index contributed by atoms with van der Waals surface area (Å²) in [4.78, 5) is 7.06. The van der Waals surface area contributed by atoms with E-state index in [-0.39, 0.29) is 0 Å². The van der Waals surface area contributed by atoms with Crippen LogP contribution >= 0.6 is 11.3 Å². The number of quaternary nitrogens is 1. The zero-order chi connectivity index (χ0) is 10.1. The van der Waals surface area contributed by atoms with Crippen molar-refractivity contribution in [1.82, 2.24) is 4.98 Å². The predicted octanol–water partition coefficient (Wildman–Crippen LogP) is 0.680. The van der Waals surface area contributed by atoms with Crippen molar-refractivity contribution in [3.63, 3.8) is 0 Å². The summed E-state index contributed by atoms with van der Waals surface area (Å²) in [5, 5.41) is 3.55. The van der Waals surface area contributed by atoms with E-state index in [4.69, 9.17) is 0 Å². The number of hydrogen-bond donors (Lipinski definition) is 1. The molecule has 1 fully saturated rings. The Morgan fingerprint density at radius 1 is 1.20 bits per heavy atom. The smallest absolute Gasteiger partial charge is 0.186 e. The van der Waals surface area contributed by atoms with Gasteiger partial charge in [0.05, 0.1) is 36.4 Å². The number of nitrogens with zero attached hydrogens (tertiary/aromatic N) is 2. The van der Waals surface area contributed by atoms with Gasteiger partial charge in [-0.3, -0.25) is 0 Å². The summed E-state index contributed by atoms with van der Waals surface area (Å²) in [6.07, 6.45) is 0. The monoisotopic (exact) mass is 220 g/mol. The fraction of sp³-hybridized carbons (Fsp3) is 0.364. The molecule has 0 unspecified atom stereocenters. The molecule has 0 spiro atoms. The van der Waals surface area contributed by atoms with Crippen LogP contribution in [0.4, 0.5) is 5.13 Å². The van der Waals surface area contributed by atoms with Crippen molar-refractivity contribution < 1.29 is 5.32 Å². The number of rotatable bonds is 1.